The molecule has 2 aliphatic heterocycles. The van der Waals surface area contributed by atoms with Gasteiger partial charge in [0.25, 0.3) is 0 Å². The first-order valence-electron chi connectivity index (χ1n) is 18.1. The molecule has 0 amide bonds. The molecule has 258 valence electrons. The Hall–Kier alpha value is -4.68. The minimum absolute atomic E-state index is 0.0990. The molecule has 6 aliphatic rings. The second-order valence-corrected chi connectivity index (χ2v) is 18.2. The molecule has 0 spiro atoms. The van der Waals surface area contributed by atoms with E-state index in [4.69, 9.17) is 0 Å². The Kier molecular flexibility index (Phi) is 6.75. The molecule has 2 fully saturated rings. The molecule has 3 aromatic rings. The maximum atomic E-state index is 15.0. The van der Waals surface area contributed by atoms with Crippen molar-refractivity contribution in [2.45, 2.75) is 75.1 Å². The number of carbonyl (C=O) groups excluding carboxylic acids is 1. The number of carbonyl (C=O) groups is 1. The molecule has 0 N–H and O–H groups in total. The van der Waals surface area contributed by atoms with Crippen LogP contribution in [-0.2, 0) is 25.5 Å². The van der Waals surface area contributed by atoms with Crippen molar-refractivity contribution in [3.05, 3.63) is 154 Å². The molecule has 4 aliphatic carbocycles. The first-order valence-corrected chi connectivity index (χ1v) is 19.6. The van der Waals surface area contributed by atoms with Crippen molar-refractivity contribution >= 4 is 33.2 Å². The van der Waals surface area contributed by atoms with Crippen molar-refractivity contribution in [1.29, 1.82) is 0 Å². The SMILES string of the molecule is C=CC1=CC(C)(C)c2ccccc2N1C12C=CCC(C=O)=C(S(=O)(=O)c3ccc(N4C5=C(C6CC6C=C5)C(C)(C)c5ccccc54)cc3C)C1C2. The van der Waals surface area contributed by atoms with Crippen molar-refractivity contribution in [3.63, 3.8) is 0 Å². The molecule has 0 bridgehead atoms. The van der Waals surface area contributed by atoms with E-state index < -0.39 is 15.4 Å². The van der Waals surface area contributed by atoms with Crippen molar-refractivity contribution in [2.24, 2.45) is 17.8 Å². The lowest BCUT2D eigenvalue weighted by Crippen LogP contribution is -2.42. The fraction of sp³-hybridized carbons (Fsp3) is 0.311. The van der Waals surface area contributed by atoms with Crippen LogP contribution in [0.1, 0.15) is 63.6 Å². The van der Waals surface area contributed by atoms with Gasteiger partial charge in [0.2, 0.25) is 9.84 Å². The highest BCUT2D eigenvalue weighted by Gasteiger charge is 2.63. The zero-order valence-corrected chi connectivity index (χ0v) is 30.8. The van der Waals surface area contributed by atoms with Crippen LogP contribution in [0.5, 0.6) is 0 Å². The van der Waals surface area contributed by atoms with Crippen LogP contribution in [0.4, 0.5) is 17.1 Å². The van der Waals surface area contributed by atoms with Crippen molar-refractivity contribution in [2.75, 3.05) is 9.80 Å². The maximum Gasteiger partial charge on any atom is 0.203 e. The van der Waals surface area contributed by atoms with Gasteiger partial charge in [-0.15, -0.1) is 0 Å². The Bertz CT molecular complexity index is 2350. The number of fused-ring (bicyclic) bond motifs is 5. The van der Waals surface area contributed by atoms with Crippen LogP contribution >= 0.6 is 0 Å². The summed E-state index contributed by atoms with van der Waals surface area (Å²) < 4.78 is 30.0. The van der Waals surface area contributed by atoms with E-state index in [1.807, 2.05) is 37.3 Å². The predicted molar refractivity (Wildman–Crippen MR) is 206 cm³/mol. The first kappa shape index (κ1) is 32.2. The van der Waals surface area contributed by atoms with Crippen LogP contribution in [0.15, 0.2) is 142 Å². The largest absolute Gasteiger partial charge is 0.331 e. The highest BCUT2D eigenvalue weighted by Crippen LogP contribution is 2.63. The minimum atomic E-state index is -4.05. The van der Waals surface area contributed by atoms with Crippen molar-refractivity contribution in [3.8, 4) is 0 Å². The van der Waals surface area contributed by atoms with Crippen molar-refractivity contribution in [1.82, 2.24) is 0 Å². The molecule has 5 nitrogen and oxygen atoms in total. The molecule has 0 aromatic heterocycles. The van der Waals surface area contributed by atoms with Gasteiger partial charge in [0.05, 0.1) is 21.0 Å². The third-order valence-corrected chi connectivity index (χ3v) is 14.6. The van der Waals surface area contributed by atoms with Crippen LogP contribution < -0.4 is 9.80 Å². The van der Waals surface area contributed by atoms with Crippen LogP contribution in [0.25, 0.3) is 0 Å². The van der Waals surface area contributed by atoms with Crippen molar-refractivity contribution < 1.29 is 13.2 Å². The van der Waals surface area contributed by atoms with Crippen LogP contribution in [0.3, 0.4) is 0 Å². The highest BCUT2D eigenvalue weighted by molar-refractivity contribution is 7.95. The van der Waals surface area contributed by atoms with E-state index in [0.717, 1.165) is 29.0 Å². The Morgan fingerprint density at radius 1 is 0.941 bits per heavy atom. The molecule has 2 heterocycles. The monoisotopic (exact) mass is 692 g/mol. The zero-order valence-electron chi connectivity index (χ0n) is 30.0. The van der Waals surface area contributed by atoms with Crippen LogP contribution in [0.2, 0.25) is 0 Å². The molecular formula is C45H44N2O3S. The summed E-state index contributed by atoms with van der Waals surface area (Å²) in [5.74, 6) is 0.763. The number of allylic oxidation sites excluding steroid dienone is 7. The lowest BCUT2D eigenvalue weighted by atomic mass is 9.70. The number of benzene rings is 3. The molecule has 9 rings (SSSR count). The summed E-state index contributed by atoms with van der Waals surface area (Å²) in [5.41, 5.74) is 9.24. The molecule has 4 unspecified atom stereocenters. The number of rotatable bonds is 6. The summed E-state index contributed by atoms with van der Waals surface area (Å²) in [6.45, 7) is 15.1. The van der Waals surface area contributed by atoms with Gasteiger partial charge in [0.1, 0.15) is 6.29 Å². The summed E-state index contributed by atoms with van der Waals surface area (Å²) in [6.07, 6.45) is 15.6. The van der Waals surface area contributed by atoms with Gasteiger partial charge in [-0.25, -0.2) is 8.42 Å². The number of aryl methyl sites for hydroxylation is 1. The van der Waals surface area contributed by atoms with E-state index >= 15 is 8.42 Å². The minimum Gasteiger partial charge on any atom is -0.331 e. The lowest BCUT2D eigenvalue weighted by molar-refractivity contribution is -0.105. The smallest absolute Gasteiger partial charge is 0.203 e. The summed E-state index contributed by atoms with van der Waals surface area (Å²) in [4.78, 5) is 17.8. The van der Waals surface area contributed by atoms with Crippen LogP contribution in [0, 0.1) is 24.7 Å². The second kappa shape index (κ2) is 10.7. The highest BCUT2D eigenvalue weighted by atomic mass is 32.2. The maximum absolute atomic E-state index is 15.0. The number of anilines is 3. The Labute approximate surface area is 302 Å². The van der Waals surface area contributed by atoms with Gasteiger partial charge in [0.15, 0.2) is 0 Å². The van der Waals surface area contributed by atoms with Gasteiger partial charge < -0.3 is 9.80 Å². The Morgan fingerprint density at radius 3 is 2.39 bits per heavy atom. The average molecular weight is 693 g/mol. The number of nitrogens with zero attached hydrogens (tertiary/aromatic N) is 2. The van der Waals surface area contributed by atoms with E-state index in [1.54, 1.807) is 6.07 Å². The normalized spacial score (nSPS) is 27.7. The van der Waals surface area contributed by atoms with E-state index in [0.29, 0.717) is 29.4 Å². The Morgan fingerprint density at radius 2 is 1.67 bits per heavy atom. The zero-order chi connectivity index (χ0) is 35.7. The summed E-state index contributed by atoms with van der Waals surface area (Å²) in [5, 5.41) is 0. The van der Waals surface area contributed by atoms with Gasteiger partial charge >= 0.3 is 0 Å². The van der Waals surface area contributed by atoms with Gasteiger partial charge in [-0.1, -0.05) is 95.0 Å². The standard InChI is InChI=1S/C45H44N2O3S/c1-7-31-25-43(3,4)34-14-8-11-17-38(34)47(31)45-22-12-13-30(27-48)42(36(45)26-45)51(49,50)40-21-19-32(23-28(40)2)46-37-16-10-9-15-35(37)44(5,6)41-33-24-29(33)18-20-39(41)46/h7-12,14-23,25,27,29,33,36H,1,13,24,26H2,2-6H3. The topological polar surface area (TPSA) is 57.7 Å². The molecule has 0 saturated heterocycles. The lowest BCUT2D eigenvalue weighted by Gasteiger charge is -2.44. The van der Waals surface area contributed by atoms with Gasteiger partial charge in [-0.2, -0.15) is 0 Å². The van der Waals surface area contributed by atoms with Crippen LogP contribution in [-0.4, -0.2) is 20.2 Å². The molecule has 2 saturated carbocycles. The van der Waals surface area contributed by atoms with Gasteiger partial charge in [-0.05, 0) is 103 Å². The predicted octanol–water partition coefficient (Wildman–Crippen LogP) is 9.70. The second-order valence-electron chi connectivity index (χ2n) is 16.3. The van der Waals surface area contributed by atoms with E-state index in [9.17, 15) is 4.79 Å². The number of aldehydes is 1. The molecule has 51 heavy (non-hydrogen) atoms. The number of sulfone groups is 1. The third-order valence-electron chi connectivity index (χ3n) is 12.4. The third kappa shape index (κ3) is 4.45. The van der Waals surface area contributed by atoms with E-state index in [-0.39, 0.29) is 33.0 Å². The molecule has 3 aromatic carbocycles. The fourth-order valence-corrected chi connectivity index (χ4v) is 12.0. The summed E-state index contributed by atoms with van der Waals surface area (Å²) in [6, 6.07) is 22.7. The Balaban J connectivity index is 1.14. The molecule has 4 atom stereocenters. The summed E-state index contributed by atoms with van der Waals surface area (Å²) >= 11 is 0. The molecule has 6 heteroatoms. The van der Waals surface area contributed by atoms with E-state index in [1.165, 1.54) is 28.8 Å². The average Bonchev–Trinajstić information content (AvgIpc) is 4.02. The molecular weight excluding hydrogens is 649 g/mol. The summed E-state index contributed by atoms with van der Waals surface area (Å²) in [7, 11) is -4.05. The first-order chi connectivity index (χ1) is 24.3. The quantitative estimate of drug-likeness (QED) is 0.190. The number of hydrogen-bond acceptors (Lipinski definition) is 5. The van der Waals surface area contributed by atoms with Gasteiger partial charge in [-0.3, -0.25) is 4.79 Å². The van der Waals surface area contributed by atoms with E-state index in [2.05, 4.69) is 111 Å². The number of para-hydroxylation sites is 2. The number of hydrogen-bond donors (Lipinski definition) is 0. The van der Waals surface area contributed by atoms with Gasteiger partial charge in [0, 0.05) is 45.1 Å². The fourth-order valence-electron chi connectivity index (χ4n) is 9.93. The molecule has 0 radical (unpaired) electrons.